The smallest absolute Gasteiger partial charge is 0.319 e. The third-order valence-corrected chi connectivity index (χ3v) is 4.57. The van der Waals surface area contributed by atoms with Crippen LogP contribution in [0.3, 0.4) is 0 Å². The summed E-state index contributed by atoms with van der Waals surface area (Å²) in [4.78, 5) is 26.7. The van der Waals surface area contributed by atoms with E-state index in [2.05, 4.69) is 5.32 Å². The molecular formula is C20H18FN3O2. The van der Waals surface area contributed by atoms with E-state index in [-0.39, 0.29) is 17.7 Å². The number of hydrogen-bond acceptors (Lipinski definition) is 3. The monoisotopic (exact) mass is 351 g/mol. The van der Waals surface area contributed by atoms with E-state index in [4.69, 9.17) is 5.26 Å². The predicted octanol–water partition coefficient (Wildman–Crippen LogP) is 3.44. The molecule has 2 aromatic carbocycles. The van der Waals surface area contributed by atoms with E-state index in [1.807, 2.05) is 31.2 Å². The second-order valence-electron chi connectivity index (χ2n) is 6.26. The van der Waals surface area contributed by atoms with Crippen LogP contribution in [0.25, 0.3) is 0 Å². The van der Waals surface area contributed by atoms with E-state index in [0.29, 0.717) is 18.4 Å². The summed E-state index contributed by atoms with van der Waals surface area (Å²) in [6, 6.07) is 14.3. The first-order chi connectivity index (χ1) is 12.5. The number of imide groups is 1. The zero-order chi connectivity index (χ0) is 18.7. The Morgan fingerprint density at radius 3 is 2.58 bits per heavy atom. The summed E-state index contributed by atoms with van der Waals surface area (Å²) in [5, 5.41) is 11.8. The third-order valence-electron chi connectivity index (χ3n) is 4.57. The molecule has 0 saturated carbocycles. The Hall–Kier alpha value is -3.20. The number of carbonyl (C=O) groups is 2. The molecule has 1 N–H and O–H groups in total. The second kappa shape index (κ2) is 6.96. The number of nitriles is 1. The van der Waals surface area contributed by atoms with Crippen LogP contribution in [0.4, 0.5) is 9.18 Å². The molecule has 6 heteroatoms. The lowest BCUT2D eigenvalue weighted by molar-refractivity contribution is -0.132. The van der Waals surface area contributed by atoms with Gasteiger partial charge in [-0.25, -0.2) is 9.18 Å². The van der Waals surface area contributed by atoms with Crippen LogP contribution in [0.2, 0.25) is 0 Å². The number of halogens is 1. The maximum absolute atomic E-state index is 14.1. The molecule has 1 aliphatic rings. The molecule has 26 heavy (non-hydrogen) atoms. The van der Waals surface area contributed by atoms with Gasteiger partial charge < -0.3 is 5.32 Å². The van der Waals surface area contributed by atoms with Crippen LogP contribution in [0, 0.1) is 17.1 Å². The van der Waals surface area contributed by atoms with Gasteiger partial charge in [0.25, 0.3) is 5.91 Å². The summed E-state index contributed by atoms with van der Waals surface area (Å²) in [5.41, 5.74) is -0.0330. The Balaban J connectivity index is 1.97. The molecule has 1 heterocycles. The normalized spacial score (nSPS) is 19.3. The van der Waals surface area contributed by atoms with Gasteiger partial charge in [-0.15, -0.1) is 0 Å². The van der Waals surface area contributed by atoms with Gasteiger partial charge in [0.05, 0.1) is 18.2 Å². The summed E-state index contributed by atoms with van der Waals surface area (Å²) in [6.07, 6.45) is 1.13. The summed E-state index contributed by atoms with van der Waals surface area (Å²) in [7, 11) is 0. The molecular weight excluding hydrogens is 333 g/mol. The lowest BCUT2D eigenvalue weighted by atomic mass is 9.85. The fourth-order valence-electron chi connectivity index (χ4n) is 3.31. The molecule has 0 unspecified atom stereocenters. The molecule has 0 radical (unpaired) electrons. The van der Waals surface area contributed by atoms with E-state index in [9.17, 15) is 14.0 Å². The Morgan fingerprint density at radius 1 is 1.19 bits per heavy atom. The lowest BCUT2D eigenvalue weighted by Crippen LogP contribution is -2.43. The minimum atomic E-state index is -1.14. The van der Waals surface area contributed by atoms with E-state index in [0.717, 1.165) is 4.90 Å². The van der Waals surface area contributed by atoms with Crippen LogP contribution in [0.5, 0.6) is 0 Å². The summed E-state index contributed by atoms with van der Waals surface area (Å²) < 4.78 is 14.1. The summed E-state index contributed by atoms with van der Waals surface area (Å²) in [6.45, 7) is 1.72. The summed E-state index contributed by atoms with van der Waals surface area (Å²) in [5.74, 6) is -0.963. The number of nitrogens with one attached hydrogen (secondary N) is 1. The van der Waals surface area contributed by atoms with Crippen molar-refractivity contribution in [1.29, 1.82) is 5.26 Å². The number of hydrogen-bond donors (Lipinski definition) is 1. The average molecular weight is 351 g/mol. The second-order valence-corrected chi connectivity index (χ2v) is 6.26. The van der Waals surface area contributed by atoms with Crippen molar-refractivity contribution in [2.45, 2.75) is 31.8 Å². The molecule has 132 valence electrons. The van der Waals surface area contributed by atoms with Crippen molar-refractivity contribution in [2.75, 3.05) is 0 Å². The number of benzene rings is 2. The molecule has 0 spiro atoms. The van der Waals surface area contributed by atoms with Crippen LogP contribution in [0.15, 0.2) is 48.5 Å². The molecule has 1 fully saturated rings. The van der Waals surface area contributed by atoms with Crippen molar-refractivity contribution in [3.63, 3.8) is 0 Å². The predicted molar refractivity (Wildman–Crippen MR) is 93.2 cm³/mol. The first kappa shape index (κ1) is 17.6. The van der Waals surface area contributed by atoms with E-state index in [1.54, 1.807) is 12.1 Å². The van der Waals surface area contributed by atoms with Crippen LogP contribution in [-0.4, -0.2) is 16.8 Å². The molecule has 5 nitrogen and oxygen atoms in total. The molecule has 2 aromatic rings. The SMILES string of the molecule is CCC[C@]1(c2ccccc2)NC(=O)N(Cc2cc(C#N)ccc2F)C1=O. The molecule has 0 aromatic heterocycles. The van der Waals surface area contributed by atoms with Gasteiger partial charge in [-0.2, -0.15) is 5.26 Å². The Kier molecular flexibility index (Phi) is 4.72. The van der Waals surface area contributed by atoms with E-state index >= 15 is 0 Å². The van der Waals surface area contributed by atoms with Gasteiger partial charge >= 0.3 is 6.03 Å². The van der Waals surface area contributed by atoms with Gasteiger partial charge in [-0.1, -0.05) is 43.7 Å². The van der Waals surface area contributed by atoms with Crippen molar-refractivity contribution in [3.8, 4) is 6.07 Å². The molecule has 0 bridgehead atoms. The largest absolute Gasteiger partial charge is 0.325 e. The van der Waals surface area contributed by atoms with Gasteiger partial charge in [0.1, 0.15) is 11.4 Å². The molecule has 1 atom stereocenters. The number of nitrogens with zero attached hydrogens (tertiary/aromatic N) is 2. The van der Waals surface area contributed by atoms with Crippen molar-refractivity contribution in [3.05, 3.63) is 71.0 Å². The maximum atomic E-state index is 14.1. The fraction of sp³-hybridized carbons (Fsp3) is 0.250. The van der Waals surface area contributed by atoms with Gasteiger partial charge in [-0.3, -0.25) is 9.69 Å². The Bertz CT molecular complexity index is 892. The van der Waals surface area contributed by atoms with E-state index < -0.39 is 23.3 Å². The number of carbonyl (C=O) groups excluding carboxylic acids is 2. The van der Waals surface area contributed by atoms with Crippen molar-refractivity contribution >= 4 is 11.9 Å². The van der Waals surface area contributed by atoms with Crippen molar-refractivity contribution < 1.29 is 14.0 Å². The fourth-order valence-corrected chi connectivity index (χ4v) is 3.31. The van der Waals surface area contributed by atoms with Crippen LogP contribution in [0.1, 0.15) is 36.5 Å². The van der Waals surface area contributed by atoms with E-state index in [1.165, 1.54) is 18.2 Å². The third kappa shape index (κ3) is 2.93. The minimum Gasteiger partial charge on any atom is -0.319 e. The topological polar surface area (TPSA) is 73.2 Å². The summed E-state index contributed by atoms with van der Waals surface area (Å²) >= 11 is 0. The number of amides is 3. The lowest BCUT2D eigenvalue weighted by Gasteiger charge is -2.27. The van der Waals surface area contributed by atoms with Gasteiger partial charge in [0.15, 0.2) is 0 Å². The highest BCUT2D eigenvalue weighted by atomic mass is 19.1. The van der Waals surface area contributed by atoms with Crippen molar-refractivity contribution in [2.24, 2.45) is 0 Å². The highest BCUT2D eigenvalue weighted by molar-refractivity contribution is 6.07. The highest BCUT2D eigenvalue weighted by Crippen LogP contribution is 2.34. The zero-order valence-corrected chi connectivity index (χ0v) is 14.3. The van der Waals surface area contributed by atoms with Gasteiger partial charge in [0.2, 0.25) is 0 Å². The molecule has 1 saturated heterocycles. The first-order valence-electron chi connectivity index (χ1n) is 8.40. The number of rotatable bonds is 5. The standard InChI is InChI=1S/C20H18FN3O2/c1-2-10-20(16-6-4-3-5-7-16)18(25)24(19(26)23-20)13-15-11-14(12-22)8-9-17(15)21/h3-9,11H,2,10,13H2,1H3,(H,23,26)/t20-/m1/s1. The average Bonchev–Trinajstić information content (AvgIpc) is 2.89. The molecule has 1 aliphatic heterocycles. The molecule has 0 aliphatic carbocycles. The van der Waals surface area contributed by atoms with Crippen LogP contribution in [-0.2, 0) is 16.9 Å². The van der Waals surface area contributed by atoms with Crippen molar-refractivity contribution in [1.82, 2.24) is 10.2 Å². The minimum absolute atomic E-state index is 0.132. The molecule has 3 rings (SSSR count). The van der Waals surface area contributed by atoms with Gasteiger partial charge in [-0.05, 0) is 30.2 Å². The quantitative estimate of drug-likeness (QED) is 0.839. The zero-order valence-electron chi connectivity index (χ0n) is 14.3. The van der Waals surface area contributed by atoms with Crippen LogP contribution >= 0.6 is 0 Å². The Morgan fingerprint density at radius 2 is 1.92 bits per heavy atom. The maximum Gasteiger partial charge on any atom is 0.325 e. The number of urea groups is 1. The highest BCUT2D eigenvalue weighted by Gasteiger charge is 2.51. The first-order valence-corrected chi connectivity index (χ1v) is 8.40. The van der Waals surface area contributed by atoms with Gasteiger partial charge in [0, 0.05) is 5.56 Å². The van der Waals surface area contributed by atoms with Crippen LogP contribution < -0.4 is 5.32 Å². The molecule has 3 amide bonds. The Labute approximate surface area is 151 Å².